The second-order valence-electron chi connectivity index (χ2n) is 2.62. The molecule has 13 heavy (non-hydrogen) atoms. The first-order chi connectivity index (χ1) is 6.13. The molecule has 0 aliphatic rings. The second kappa shape index (κ2) is 4.35. The molecule has 0 amide bonds. The van der Waals surface area contributed by atoms with Gasteiger partial charge in [-0.1, -0.05) is 11.6 Å². The van der Waals surface area contributed by atoms with Gasteiger partial charge in [0.1, 0.15) is 12.1 Å². The van der Waals surface area contributed by atoms with Crippen molar-refractivity contribution in [3.8, 4) is 0 Å². The fourth-order valence-corrected chi connectivity index (χ4v) is 1.23. The molecule has 1 rings (SSSR count). The maximum atomic E-state index is 12.7. The number of carbonyl (C=O) groups excluding carboxylic acids is 1. The van der Waals surface area contributed by atoms with Gasteiger partial charge < -0.3 is 9.90 Å². The summed E-state index contributed by atoms with van der Waals surface area (Å²) in [6, 6.07) is 3.72. The monoisotopic (exact) mass is 202 g/mol. The summed E-state index contributed by atoms with van der Waals surface area (Å²) in [6.45, 7) is 0. The minimum Gasteiger partial charge on any atom is -0.388 e. The van der Waals surface area contributed by atoms with E-state index in [4.69, 9.17) is 11.6 Å². The number of benzene rings is 1. The zero-order valence-electron chi connectivity index (χ0n) is 6.71. The van der Waals surface area contributed by atoms with Crippen LogP contribution in [-0.2, 0) is 4.79 Å². The Balaban J connectivity index is 2.93. The van der Waals surface area contributed by atoms with Gasteiger partial charge in [-0.25, -0.2) is 4.39 Å². The maximum Gasteiger partial charge on any atom is 0.125 e. The minimum atomic E-state index is -0.981. The van der Waals surface area contributed by atoms with Gasteiger partial charge in [-0.3, -0.25) is 0 Å². The lowest BCUT2D eigenvalue weighted by molar-refractivity contribution is -0.109. The quantitative estimate of drug-likeness (QED) is 0.763. The highest BCUT2D eigenvalue weighted by atomic mass is 35.5. The smallest absolute Gasteiger partial charge is 0.125 e. The Hall–Kier alpha value is -0.930. The van der Waals surface area contributed by atoms with Gasteiger partial charge in [-0.2, -0.15) is 0 Å². The highest BCUT2D eigenvalue weighted by Crippen LogP contribution is 2.21. The van der Waals surface area contributed by atoms with Crippen LogP contribution in [0.15, 0.2) is 18.2 Å². The van der Waals surface area contributed by atoms with Gasteiger partial charge in [0.15, 0.2) is 0 Å². The summed E-state index contributed by atoms with van der Waals surface area (Å²) in [5.74, 6) is -0.521. The third-order valence-electron chi connectivity index (χ3n) is 1.59. The molecule has 0 fully saturated rings. The van der Waals surface area contributed by atoms with Gasteiger partial charge in [-0.05, 0) is 23.8 Å². The summed E-state index contributed by atoms with van der Waals surface area (Å²) in [5, 5.41) is 9.52. The van der Waals surface area contributed by atoms with E-state index in [2.05, 4.69) is 0 Å². The molecule has 0 spiro atoms. The maximum absolute atomic E-state index is 12.7. The topological polar surface area (TPSA) is 37.3 Å². The van der Waals surface area contributed by atoms with Crippen LogP contribution < -0.4 is 0 Å². The Morgan fingerprint density at radius 3 is 2.77 bits per heavy atom. The molecule has 2 nitrogen and oxygen atoms in total. The van der Waals surface area contributed by atoms with E-state index in [0.29, 0.717) is 11.8 Å². The highest BCUT2D eigenvalue weighted by Gasteiger charge is 2.08. The van der Waals surface area contributed by atoms with Crippen molar-refractivity contribution in [1.82, 2.24) is 0 Å². The molecule has 0 heterocycles. The van der Waals surface area contributed by atoms with Crippen molar-refractivity contribution in [2.75, 3.05) is 0 Å². The highest BCUT2D eigenvalue weighted by molar-refractivity contribution is 6.30. The lowest BCUT2D eigenvalue weighted by atomic mass is 10.1. The van der Waals surface area contributed by atoms with Crippen LogP contribution in [0.1, 0.15) is 18.1 Å². The number of halogens is 2. The SMILES string of the molecule is O=CCC(O)c1cc(F)cc(Cl)c1. The molecule has 4 heteroatoms. The lowest BCUT2D eigenvalue weighted by Crippen LogP contribution is -1.98. The second-order valence-corrected chi connectivity index (χ2v) is 3.06. The summed E-state index contributed by atoms with van der Waals surface area (Å²) < 4.78 is 12.7. The van der Waals surface area contributed by atoms with Crippen LogP contribution in [0.4, 0.5) is 4.39 Å². The summed E-state index contributed by atoms with van der Waals surface area (Å²) in [6.07, 6.45) is -0.464. The van der Waals surface area contributed by atoms with E-state index >= 15 is 0 Å². The van der Waals surface area contributed by atoms with Crippen molar-refractivity contribution >= 4 is 17.9 Å². The van der Waals surface area contributed by atoms with Gasteiger partial charge in [0.05, 0.1) is 6.10 Å². The zero-order valence-corrected chi connectivity index (χ0v) is 7.46. The normalized spacial score (nSPS) is 12.5. The van der Waals surface area contributed by atoms with Crippen LogP contribution in [0, 0.1) is 5.82 Å². The van der Waals surface area contributed by atoms with E-state index < -0.39 is 11.9 Å². The van der Waals surface area contributed by atoms with E-state index in [1.54, 1.807) is 0 Å². The first-order valence-electron chi connectivity index (χ1n) is 3.71. The van der Waals surface area contributed by atoms with E-state index in [1.165, 1.54) is 6.07 Å². The Labute approximate surface area is 80.0 Å². The van der Waals surface area contributed by atoms with Crippen LogP contribution in [0.25, 0.3) is 0 Å². The first-order valence-corrected chi connectivity index (χ1v) is 4.09. The zero-order chi connectivity index (χ0) is 9.84. The fourth-order valence-electron chi connectivity index (χ4n) is 0.995. The number of hydrogen-bond acceptors (Lipinski definition) is 2. The third-order valence-corrected chi connectivity index (χ3v) is 1.81. The van der Waals surface area contributed by atoms with Gasteiger partial charge in [0, 0.05) is 11.4 Å². The average molecular weight is 203 g/mol. The molecule has 0 saturated carbocycles. The van der Waals surface area contributed by atoms with Crippen LogP contribution >= 0.6 is 11.6 Å². The van der Waals surface area contributed by atoms with E-state index in [-0.39, 0.29) is 11.4 Å². The molecule has 0 aromatic heterocycles. The molecule has 0 aliphatic heterocycles. The molecule has 70 valence electrons. The van der Waals surface area contributed by atoms with Crippen molar-refractivity contribution in [3.05, 3.63) is 34.6 Å². The summed E-state index contributed by atoms with van der Waals surface area (Å²) in [5.41, 5.74) is 0.317. The molecule has 1 N–H and O–H groups in total. The molecule has 0 radical (unpaired) electrons. The fraction of sp³-hybridized carbons (Fsp3) is 0.222. The molecule has 1 atom stereocenters. The van der Waals surface area contributed by atoms with Crippen LogP contribution in [-0.4, -0.2) is 11.4 Å². The Morgan fingerprint density at radius 2 is 2.23 bits per heavy atom. The number of rotatable bonds is 3. The minimum absolute atomic E-state index is 0.0558. The molecule has 0 aliphatic carbocycles. The van der Waals surface area contributed by atoms with Gasteiger partial charge in [0.2, 0.25) is 0 Å². The lowest BCUT2D eigenvalue weighted by Gasteiger charge is -2.07. The Bertz CT molecular complexity index is 294. The van der Waals surface area contributed by atoms with Crippen LogP contribution in [0.3, 0.4) is 0 Å². The van der Waals surface area contributed by atoms with Gasteiger partial charge >= 0.3 is 0 Å². The van der Waals surface area contributed by atoms with Crippen molar-refractivity contribution in [1.29, 1.82) is 0 Å². The number of hydrogen-bond donors (Lipinski definition) is 1. The standard InChI is InChI=1S/C9H8ClFO2/c10-7-3-6(4-8(11)5-7)9(13)1-2-12/h2-5,9,13H,1H2. The average Bonchev–Trinajstić information content (AvgIpc) is 2.03. The molecular weight excluding hydrogens is 195 g/mol. The molecule has 1 unspecified atom stereocenters. The van der Waals surface area contributed by atoms with Crippen LogP contribution in [0.5, 0.6) is 0 Å². The number of aliphatic hydroxyl groups is 1. The van der Waals surface area contributed by atoms with Gasteiger partial charge in [-0.15, -0.1) is 0 Å². The predicted molar refractivity (Wildman–Crippen MR) is 47.1 cm³/mol. The van der Waals surface area contributed by atoms with Crippen molar-refractivity contribution in [2.45, 2.75) is 12.5 Å². The molecule has 0 bridgehead atoms. The third kappa shape index (κ3) is 2.79. The van der Waals surface area contributed by atoms with E-state index in [0.717, 1.165) is 12.1 Å². The molecule has 1 aromatic carbocycles. The predicted octanol–water partition coefficient (Wildman–Crippen LogP) is 2.10. The Morgan fingerprint density at radius 1 is 1.54 bits per heavy atom. The number of carbonyl (C=O) groups is 1. The van der Waals surface area contributed by atoms with E-state index in [1.807, 2.05) is 0 Å². The number of aldehydes is 1. The molecular formula is C9H8ClFO2. The van der Waals surface area contributed by atoms with Crippen molar-refractivity contribution < 1.29 is 14.3 Å². The number of aliphatic hydroxyl groups excluding tert-OH is 1. The summed E-state index contributed by atoms with van der Waals surface area (Å²) in [7, 11) is 0. The summed E-state index contributed by atoms with van der Waals surface area (Å²) >= 11 is 5.55. The van der Waals surface area contributed by atoms with Crippen molar-refractivity contribution in [3.63, 3.8) is 0 Å². The molecule has 1 aromatic rings. The van der Waals surface area contributed by atoms with Crippen molar-refractivity contribution in [2.24, 2.45) is 0 Å². The summed E-state index contributed by atoms with van der Waals surface area (Å²) in [4.78, 5) is 10.1. The Kier molecular flexibility index (Phi) is 3.39. The molecule has 0 saturated heterocycles. The van der Waals surface area contributed by atoms with E-state index in [9.17, 15) is 14.3 Å². The largest absolute Gasteiger partial charge is 0.388 e. The van der Waals surface area contributed by atoms with Crippen LogP contribution in [0.2, 0.25) is 5.02 Å². The van der Waals surface area contributed by atoms with Gasteiger partial charge in [0.25, 0.3) is 0 Å². The first kappa shape index (κ1) is 10.2.